The molecule has 1 saturated heterocycles. The van der Waals surface area contributed by atoms with Gasteiger partial charge in [-0.3, -0.25) is 0 Å². The SMILES string of the molecule is OC(Cc1cccs1)C1CCOCC1. The highest BCUT2D eigenvalue weighted by molar-refractivity contribution is 7.09. The Labute approximate surface area is 88.5 Å². The van der Waals surface area contributed by atoms with Crippen LogP contribution in [-0.2, 0) is 11.2 Å². The summed E-state index contributed by atoms with van der Waals surface area (Å²) in [6.45, 7) is 1.62. The molecule has 2 rings (SSSR count). The van der Waals surface area contributed by atoms with E-state index in [0.29, 0.717) is 5.92 Å². The molecular weight excluding hydrogens is 196 g/mol. The standard InChI is InChI=1S/C11H16O2S/c12-11(8-10-2-1-7-14-10)9-3-5-13-6-4-9/h1-2,7,9,11-12H,3-6,8H2. The summed E-state index contributed by atoms with van der Waals surface area (Å²) in [5.41, 5.74) is 0. The first-order valence-corrected chi connectivity index (χ1v) is 6.02. The van der Waals surface area contributed by atoms with Gasteiger partial charge in [0, 0.05) is 24.5 Å². The van der Waals surface area contributed by atoms with E-state index in [-0.39, 0.29) is 6.10 Å². The van der Waals surface area contributed by atoms with E-state index < -0.39 is 0 Å². The summed E-state index contributed by atoms with van der Waals surface area (Å²) in [5.74, 6) is 0.436. The molecule has 14 heavy (non-hydrogen) atoms. The predicted octanol–water partition coefficient (Wildman–Crippen LogP) is 2.08. The van der Waals surface area contributed by atoms with Gasteiger partial charge in [0.1, 0.15) is 0 Å². The molecule has 0 bridgehead atoms. The van der Waals surface area contributed by atoms with Crippen molar-refractivity contribution >= 4 is 11.3 Å². The number of aliphatic hydroxyl groups excluding tert-OH is 1. The number of rotatable bonds is 3. The molecule has 78 valence electrons. The fourth-order valence-electron chi connectivity index (χ4n) is 1.90. The van der Waals surface area contributed by atoms with Crippen LogP contribution in [0.15, 0.2) is 17.5 Å². The number of hydrogen-bond acceptors (Lipinski definition) is 3. The molecule has 2 nitrogen and oxygen atoms in total. The third-order valence-corrected chi connectivity index (χ3v) is 3.70. The Balaban J connectivity index is 1.85. The molecule has 0 aliphatic carbocycles. The highest BCUT2D eigenvalue weighted by Crippen LogP contribution is 2.22. The van der Waals surface area contributed by atoms with E-state index in [1.54, 1.807) is 11.3 Å². The molecular formula is C11H16O2S. The molecule has 1 atom stereocenters. The average Bonchev–Trinajstić information content (AvgIpc) is 2.72. The number of ether oxygens (including phenoxy) is 1. The summed E-state index contributed by atoms with van der Waals surface area (Å²) >= 11 is 1.72. The highest BCUT2D eigenvalue weighted by atomic mass is 32.1. The lowest BCUT2D eigenvalue weighted by Crippen LogP contribution is -2.28. The highest BCUT2D eigenvalue weighted by Gasteiger charge is 2.22. The zero-order chi connectivity index (χ0) is 9.80. The van der Waals surface area contributed by atoms with Gasteiger partial charge in [-0.15, -0.1) is 11.3 Å². The lowest BCUT2D eigenvalue weighted by atomic mass is 9.92. The Morgan fingerprint density at radius 3 is 2.93 bits per heavy atom. The maximum Gasteiger partial charge on any atom is 0.0618 e. The molecule has 2 heterocycles. The quantitative estimate of drug-likeness (QED) is 0.831. The van der Waals surface area contributed by atoms with Crippen LogP contribution >= 0.6 is 11.3 Å². The van der Waals surface area contributed by atoms with Gasteiger partial charge in [-0.1, -0.05) is 6.07 Å². The summed E-state index contributed by atoms with van der Waals surface area (Å²) in [5, 5.41) is 12.1. The van der Waals surface area contributed by atoms with Gasteiger partial charge in [0.15, 0.2) is 0 Å². The summed E-state index contributed by atoms with van der Waals surface area (Å²) in [6.07, 6.45) is 2.64. The smallest absolute Gasteiger partial charge is 0.0618 e. The van der Waals surface area contributed by atoms with Crippen molar-refractivity contribution in [2.24, 2.45) is 5.92 Å². The lowest BCUT2D eigenvalue weighted by Gasteiger charge is -2.26. The van der Waals surface area contributed by atoms with Crippen LogP contribution in [0.25, 0.3) is 0 Å². The fraction of sp³-hybridized carbons (Fsp3) is 0.636. The second kappa shape index (κ2) is 4.91. The summed E-state index contributed by atoms with van der Waals surface area (Å²) in [4.78, 5) is 1.28. The van der Waals surface area contributed by atoms with Crippen molar-refractivity contribution in [3.8, 4) is 0 Å². The zero-order valence-corrected chi connectivity index (χ0v) is 9.00. The van der Waals surface area contributed by atoms with Crippen LogP contribution in [0, 0.1) is 5.92 Å². The van der Waals surface area contributed by atoms with E-state index in [2.05, 4.69) is 11.4 Å². The van der Waals surface area contributed by atoms with Crippen molar-refractivity contribution in [3.05, 3.63) is 22.4 Å². The summed E-state index contributed by atoms with van der Waals surface area (Å²) < 4.78 is 5.28. The van der Waals surface area contributed by atoms with Crippen molar-refractivity contribution in [1.29, 1.82) is 0 Å². The maximum absolute atomic E-state index is 10.00. The van der Waals surface area contributed by atoms with E-state index in [0.717, 1.165) is 32.5 Å². The Bertz CT molecular complexity index is 252. The van der Waals surface area contributed by atoms with Crippen LogP contribution in [0.2, 0.25) is 0 Å². The maximum atomic E-state index is 10.00. The topological polar surface area (TPSA) is 29.5 Å². The first-order chi connectivity index (χ1) is 6.86. The summed E-state index contributed by atoms with van der Waals surface area (Å²) in [6, 6.07) is 4.13. The van der Waals surface area contributed by atoms with Gasteiger partial charge in [-0.2, -0.15) is 0 Å². The molecule has 1 aromatic rings. The van der Waals surface area contributed by atoms with Gasteiger partial charge in [-0.25, -0.2) is 0 Å². The molecule has 0 amide bonds. The predicted molar refractivity (Wildman–Crippen MR) is 57.6 cm³/mol. The normalized spacial score (nSPS) is 20.9. The molecule has 1 aliphatic rings. The average molecular weight is 212 g/mol. The van der Waals surface area contributed by atoms with Crippen LogP contribution in [0.4, 0.5) is 0 Å². The zero-order valence-electron chi connectivity index (χ0n) is 8.19. The minimum Gasteiger partial charge on any atom is -0.392 e. The molecule has 0 saturated carbocycles. The Morgan fingerprint density at radius 2 is 2.29 bits per heavy atom. The number of thiophene rings is 1. The van der Waals surface area contributed by atoms with E-state index in [1.165, 1.54) is 4.88 Å². The molecule has 0 spiro atoms. The second-order valence-electron chi connectivity index (χ2n) is 3.80. The minimum absolute atomic E-state index is 0.183. The number of aliphatic hydroxyl groups is 1. The first-order valence-electron chi connectivity index (χ1n) is 5.14. The van der Waals surface area contributed by atoms with Gasteiger partial charge < -0.3 is 9.84 Å². The van der Waals surface area contributed by atoms with Crippen molar-refractivity contribution in [2.75, 3.05) is 13.2 Å². The first kappa shape index (κ1) is 10.1. The van der Waals surface area contributed by atoms with Gasteiger partial charge >= 0.3 is 0 Å². The van der Waals surface area contributed by atoms with E-state index in [4.69, 9.17) is 4.74 Å². The van der Waals surface area contributed by atoms with Crippen LogP contribution in [0.5, 0.6) is 0 Å². The monoisotopic (exact) mass is 212 g/mol. The molecule has 3 heteroatoms. The van der Waals surface area contributed by atoms with Crippen LogP contribution in [0.1, 0.15) is 17.7 Å². The van der Waals surface area contributed by atoms with Gasteiger partial charge in [0.2, 0.25) is 0 Å². The minimum atomic E-state index is -0.183. The van der Waals surface area contributed by atoms with Gasteiger partial charge in [0.05, 0.1) is 6.10 Å². The Kier molecular flexibility index (Phi) is 3.56. The van der Waals surface area contributed by atoms with Crippen LogP contribution in [-0.4, -0.2) is 24.4 Å². The third kappa shape index (κ3) is 2.56. The Hall–Kier alpha value is -0.380. The van der Waals surface area contributed by atoms with Gasteiger partial charge in [-0.05, 0) is 30.2 Å². The third-order valence-electron chi connectivity index (χ3n) is 2.80. The molecule has 0 radical (unpaired) electrons. The van der Waals surface area contributed by atoms with Crippen molar-refractivity contribution < 1.29 is 9.84 Å². The molecule has 0 aromatic carbocycles. The number of hydrogen-bond donors (Lipinski definition) is 1. The van der Waals surface area contributed by atoms with Crippen molar-refractivity contribution in [3.63, 3.8) is 0 Å². The van der Waals surface area contributed by atoms with E-state index >= 15 is 0 Å². The fourth-order valence-corrected chi connectivity index (χ4v) is 2.66. The summed E-state index contributed by atoms with van der Waals surface area (Å²) in [7, 11) is 0. The second-order valence-corrected chi connectivity index (χ2v) is 4.83. The van der Waals surface area contributed by atoms with Crippen molar-refractivity contribution in [1.82, 2.24) is 0 Å². The molecule has 1 N–H and O–H groups in total. The van der Waals surface area contributed by atoms with E-state index in [9.17, 15) is 5.11 Å². The largest absolute Gasteiger partial charge is 0.392 e. The van der Waals surface area contributed by atoms with Gasteiger partial charge in [0.25, 0.3) is 0 Å². The molecule has 1 unspecified atom stereocenters. The van der Waals surface area contributed by atoms with E-state index in [1.807, 2.05) is 6.07 Å². The lowest BCUT2D eigenvalue weighted by molar-refractivity contribution is 0.00868. The molecule has 1 aromatic heterocycles. The molecule has 1 fully saturated rings. The van der Waals surface area contributed by atoms with Crippen LogP contribution in [0.3, 0.4) is 0 Å². The van der Waals surface area contributed by atoms with Crippen molar-refractivity contribution in [2.45, 2.75) is 25.4 Å². The molecule has 1 aliphatic heterocycles. The van der Waals surface area contributed by atoms with Crippen LogP contribution < -0.4 is 0 Å². The Morgan fingerprint density at radius 1 is 1.50 bits per heavy atom.